The molecular formula is C19H20N8O2. The number of H-pyrrole nitrogens is 2. The fraction of sp³-hybridized carbons (Fsp3) is 0.263. The molecule has 148 valence electrons. The summed E-state index contributed by atoms with van der Waals surface area (Å²) in [6.45, 7) is 2.72. The maximum absolute atomic E-state index is 12.4. The van der Waals surface area contributed by atoms with Gasteiger partial charge in [-0.3, -0.25) is 5.10 Å². The summed E-state index contributed by atoms with van der Waals surface area (Å²) in [5.41, 5.74) is 3.50. The predicted octanol–water partition coefficient (Wildman–Crippen LogP) is 2.26. The third-order valence-corrected chi connectivity index (χ3v) is 4.45. The molecule has 0 spiro atoms. The van der Waals surface area contributed by atoms with Crippen molar-refractivity contribution in [1.82, 2.24) is 40.4 Å². The molecule has 0 saturated carbocycles. The molecule has 10 nitrogen and oxygen atoms in total. The van der Waals surface area contributed by atoms with Crippen LogP contribution in [0.5, 0.6) is 0 Å². The van der Waals surface area contributed by atoms with E-state index in [1.54, 1.807) is 19.4 Å². The third kappa shape index (κ3) is 3.91. The van der Waals surface area contributed by atoms with E-state index in [0.29, 0.717) is 30.0 Å². The van der Waals surface area contributed by atoms with Gasteiger partial charge >= 0.3 is 5.97 Å². The number of nitrogens with zero attached hydrogens (tertiary/aromatic N) is 6. The van der Waals surface area contributed by atoms with Crippen LogP contribution in [-0.4, -0.2) is 52.9 Å². The number of aromatic amines is 2. The largest absolute Gasteiger partial charge is 0.461 e. The summed E-state index contributed by atoms with van der Waals surface area (Å²) in [6, 6.07) is 9.83. The maximum atomic E-state index is 12.4. The van der Waals surface area contributed by atoms with Crippen molar-refractivity contribution in [3.8, 4) is 22.5 Å². The van der Waals surface area contributed by atoms with Crippen molar-refractivity contribution in [3.63, 3.8) is 0 Å². The number of tetrazole rings is 1. The van der Waals surface area contributed by atoms with E-state index in [0.717, 1.165) is 23.4 Å². The molecule has 1 aromatic carbocycles. The van der Waals surface area contributed by atoms with Crippen molar-refractivity contribution >= 4 is 5.97 Å². The van der Waals surface area contributed by atoms with Gasteiger partial charge in [-0.2, -0.15) is 10.3 Å². The number of carbonyl (C=O) groups excluding carboxylic acids is 1. The Kier molecular flexibility index (Phi) is 5.41. The molecule has 0 radical (unpaired) electrons. The van der Waals surface area contributed by atoms with Gasteiger partial charge < -0.3 is 9.30 Å². The highest BCUT2D eigenvalue weighted by atomic mass is 16.5. The van der Waals surface area contributed by atoms with Crippen LogP contribution in [0, 0.1) is 0 Å². The summed E-state index contributed by atoms with van der Waals surface area (Å²) in [6.07, 6.45) is 4.86. The van der Waals surface area contributed by atoms with Crippen molar-refractivity contribution in [3.05, 3.63) is 54.4 Å². The van der Waals surface area contributed by atoms with Gasteiger partial charge in [0.05, 0.1) is 36.1 Å². The van der Waals surface area contributed by atoms with Crippen LogP contribution < -0.4 is 0 Å². The molecule has 2 N–H and O–H groups in total. The highest BCUT2D eigenvalue weighted by molar-refractivity contribution is 5.96. The summed E-state index contributed by atoms with van der Waals surface area (Å²) in [5.74, 6) is 0.212. The van der Waals surface area contributed by atoms with Gasteiger partial charge in [-0.15, -0.1) is 10.2 Å². The highest BCUT2D eigenvalue weighted by Crippen LogP contribution is 2.33. The number of nitrogens with one attached hydrogen (secondary N) is 2. The Bertz CT molecular complexity index is 1070. The SMILES string of the molecule is CCOC(=O)c1[nH]ncc1-c1c(-c2ccccc2)ncn1CCCc1nn[nH]n1. The smallest absolute Gasteiger partial charge is 0.357 e. The number of ether oxygens (including phenoxy) is 1. The monoisotopic (exact) mass is 392 g/mol. The Morgan fingerprint density at radius 3 is 2.86 bits per heavy atom. The maximum Gasteiger partial charge on any atom is 0.357 e. The topological polar surface area (TPSA) is 127 Å². The van der Waals surface area contributed by atoms with Gasteiger partial charge in [0.25, 0.3) is 0 Å². The number of esters is 1. The molecule has 3 aromatic heterocycles. The van der Waals surface area contributed by atoms with Crippen LogP contribution in [-0.2, 0) is 17.7 Å². The zero-order valence-corrected chi connectivity index (χ0v) is 15.9. The standard InChI is InChI=1S/C19H20N8O2/c1-2-29-19(28)17-14(11-21-24-17)18-16(13-7-4-3-5-8-13)20-12-27(18)10-6-9-15-22-25-26-23-15/h3-5,7-8,11-12H,2,6,9-10H2,1H3,(H,21,24)(H,22,23,25,26). The molecular weight excluding hydrogens is 372 g/mol. The molecule has 0 bridgehead atoms. The number of hydrogen-bond donors (Lipinski definition) is 2. The highest BCUT2D eigenvalue weighted by Gasteiger charge is 2.23. The number of benzene rings is 1. The lowest BCUT2D eigenvalue weighted by Gasteiger charge is -2.10. The van der Waals surface area contributed by atoms with Crippen LogP contribution in [0.3, 0.4) is 0 Å². The van der Waals surface area contributed by atoms with Crippen molar-refractivity contribution in [2.45, 2.75) is 26.3 Å². The average molecular weight is 392 g/mol. The van der Waals surface area contributed by atoms with Gasteiger partial charge in [0.1, 0.15) is 0 Å². The van der Waals surface area contributed by atoms with Crippen molar-refractivity contribution < 1.29 is 9.53 Å². The summed E-state index contributed by atoms with van der Waals surface area (Å²) >= 11 is 0. The molecule has 4 rings (SSSR count). The van der Waals surface area contributed by atoms with E-state index in [1.165, 1.54) is 0 Å². The second kappa shape index (κ2) is 8.46. The molecule has 29 heavy (non-hydrogen) atoms. The number of imidazole rings is 1. The van der Waals surface area contributed by atoms with Crippen molar-refractivity contribution in [2.24, 2.45) is 0 Å². The molecule has 0 amide bonds. The Morgan fingerprint density at radius 2 is 2.10 bits per heavy atom. The lowest BCUT2D eigenvalue weighted by atomic mass is 10.0. The second-order valence-corrected chi connectivity index (χ2v) is 6.31. The molecule has 0 fully saturated rings. The number of aryl methyl sites for hydroxylation is 2. The minimum Gasteiger partial charge on any atom is -0.461 e. The van der Waals surface area contributed by atoms with Crippen LogP contribution in [0.15, 0.2) is 42.9 Å². The van der Waals surface area contributed by atoms with Crippen molar-refractivity contribution in [1.29, 1.82) is 0 Å². The van der Waals surface area contributed by atoms with Gasteiger partial charge in [0.15, 0.2) is 11.5 Å². The first kappa shape index (κ1) is 18.5. The summed E-state index contributed by atoms with van der Waals surface area (Å²) in [4.78, 5) is 17.0. The molecule has 10 heteroatoms. The first-order valence-electron chi connectivity index (χ1n) is 9.31. The zero-order chi connectivity index (χ0) is 20.1. The van der Waals surface area contributed by atoms with Crippen LogP contribution in [0.25, 0.3) is 22.5 Å². The van der Waals surface area contributed by atoms with E-state index in [1.807, 2.05) is 34.9 Å². The molecule has 0 aliphatic heterocycles. The number of aromatic nitrogens is 8. The fourth-order valence-electron chi connectivity index (χ4n) is 3.16. The first-order valence-corrected chi connectivity index (χ1v) is 9.31. The summed E-state index contributed by atoms with van der Waals surface area (Å²) in [5, 5.41) is 20.8. The number of carbonyl (C=O) groups is 1. The Balaban J connectivity index is 1.71. The molecule has 0 atom stereocenters. The fourth-order valence-corrected chi connectivity index (χ4v) is 3.16. The van der Waals surface area contributed by atoms with E-state index < -0.39 is 5.97 Å². The van der Waals surface area contributed by atoms with Crippen LogP contribution in [0.1, 0.15) is 29.7 Å². The summed E-state index contributed by atoms with van der Waals surface area (Å²) in [7, 11) is 0. The number of rotatable bonds is 8. The molecule has 0 saturated heterocycles. The van der Waals surface area contributed by atoms with Crippen LogP contribution in [0.4, 0.5) is 0 Å². The normalized spacial score (nSPS) is 10.9. The second-order valence-electron chi connectivity index (χ2n) is 6.31. The minimum absolute atomic E-state index is 0.285. The van der Waals surface area contributed by atoms with Gasteiger partial charge in [0, 0.05) is 18.5 Å². The van der Waals surface area contributed by atoms with E-state index >= 15 is 0 Å². The summed E-state index contributed by atoms with van der Waals surface area (Å²) < 4.78 is 7.18. The van der Waals surface area contributed by atoms with E-state index in [4.69, 9.17) is 4.74 Å². The molecule has 0 aliphatic rings. The van der Waals surface area contributed by atoms with Gasteiger partial charge in [-0.1, -0.05) is 35.5 Å². The predicted molar refractivity (Wildman–Crippen MR) is 104 cm³/mol. The zero-order valence-electron chi connectivity index (χ0n) is 15.9. The Morgan fingerprint density at radius 1 is 1.24 bits per heavy atom. The van der Waals surface area contributed by atoms with Crippen LogP contribution in [0.2, 0.25) is 0 Å². The first-order chi connectivity index (χ1) is 14.3. The average Bonchev–Trinajstić information content (AvgIpc) is 3.49. The lowest BCUT2D eigenvalue weighted by Crippen LogP contribution is -2.08. The quantitative estimate of drug-likeness (QED) is 0.440. The third-order valence-electron chi connectivity index (χ3n) is 4.45. The molecule has 3 heterocycles. The van der Waals surface area contributed by atoms with E-state index in [-0.39, 0.29) is 6.61 Å². The Labute approximate surface area is 166 Å². The Hall–Kier alpha value is -3.82. The lowest BCUT2D eigenvalue weighted by molar-refractivity contribution is 0.0520. The molecule has 4 aromatic rings. The molecule has 0 unspecified atom stereocenters. The van der Waals surface area contributed by atoms with E-state index in [9.17, 15) is 4.79 Å². The van der Waals surface area contributed by atoms with Gasteiger partial charge in [-0.25, -0.2) is 9.78 Å². The minimum atomic E-state index is -0.446. The number of hydrogen-bond acceptors (Lipinski definition) is 7. The van der Waals surface area contributed by atoms with Gasteiger partial charge in [0.2, 0.25) is 0 Å². The molecule has 0 aliphatic carbocycles. The van der Waals surface area contributed by atoms with Crippen molar-refractivity contribution in [2.75, 3.05) is 6.61 Å². The van der Waals surface area contributed by atoms with E-state index in [2.05, 4.69) is 35.8 Å². The van der Waals surface area contributed by atoms with Crippen LogP contribution >= 0.6 is 0 Å². The van der Waals surface area contributed by atoms with Gasteiger partial charge in [-0.05, 0) is 13.3 Å².